The second kappa shape index (κ2) is 7.16. The van der Waals surface area contributed by atoms with E-state index in [1.807, 2.05) is 0 Å². The predicted molar refractivity (Wildman–Crippen MR) is 66.0 cm³/mol. The number of esters is 1. The van der Waals surface area contributed by atoms with Crippen molar-refractivity contribution < 1.29 is 32.2 Å². The van der Waals surface area contributed by atoms with E-state index >= 15 is 0 Å². The van der Waals surface area contributed by atoms with E-state index in [0.717, 1.165) is 24.3 Å². The molecule has 0 saturated carbocycles. The summed E-state index contributed by atoms with van der Waals surface area (Å²) in [6.45, 7) is -0.506. The number of benzene rings is 1. The van der Waals surface area contributed by atoms with Gasteiger partial charge in [0.05, 0.1) is 17.2 Å². The molecule has 116 valence electrons. The summed E-state index contributed by atoms with van der Waals surface area (Å²) in [6.07, 6.45) is -7.34. The Kier molecular flexibility index (Phi) is 5.83. The minimum Gasteiger partial charge on any atom is -0.459 e. The topological polar surface area (TPSA) is 70.4 Å². The van der Waals surface area contributed by atoms with Crippen LogP contribution in [0.2, 0.25) is 0 Å². The van der Waals surface area contributed by atoms with Gasteiger partial charge < -0.3 is 15.3 Å². The van der Waals surface area contributed by atoms with E-state index in [0.29, 0.717) is 6.21 Å². The van der Waals surface area contributed by atoms with Crippen LogP contribution >= 0.6 is 0 Å². The van der Waals surface area contributed by atoms with Gasteiger partial charge in [-0.25, -0.2) is 9.18 Å². The van der Waals surface area contributed by atoms with Crippen molar-refractivity contribution in [2.24, 2.45) is 0 Å². The van der Waals surface area contributed by atoms with Crippen molar-refractivity contribution in [3.8, 4) is 0 Å². The van der Waals surface area contributed by atoms with Gasteiger partial charge in [0.1, 0.15) is 12.8 Å². The summed E-state index contributed by atoms with van der Waals surface area (Å²) in [5, 5.41) is 15.9. The normalized spacial score (nSPS) is 14.3. The lowest BCUT2D eigenvalue weighted by atomic mass is 10.1. The third-order valence-electron chi connectivity index (χ3n) is 2.53. The second-order valence-corrected chi connectivity index (χ2v) is 4.25. The Hall–Kier alpha value is -1.96. The van der Waals surface area contributed by atoms with E-state index in [9.17, 15) is 27.5 Å². The first-order valence-corrected chi connectivity index (χ1v) is 5.91. The molecule has 0 aliphatic rings. The van der Waals surface area contributed by atoms with E-state index in [2.05, 4.69) is 4.74 Å². The van der Waals surface area contributed by atoms with Crippen LogP contribution < -0.4 is 0 Å². The van der Waals surface area contributed by atoms with Crippen LogP contribution in [0, 0.1) is 5.41 Å². The van der Waals surface area contributed by atoms with Crippen molar-refractivity contribution in [2.75, 3.05) is 6.61 Å². The van der Waals surface area contributed by atoms with E-state index in [4.69, 9.17) is 5.41 Å². The van der Waals surface area contributed by atoms with Crippen LogP contribution in [0.3, 0.4) is 0 Å². The number of carbonyl (C=O) groups excluding carboxylic acids is 1. The number of hydrogen-bond donors (Lipinski definition) is 2. The molecule has 0 saturated heterocycles. The Morgan fingerprint density at radius 1 is 1.33 bits per heavy atom. The zero-order valence-electron chi connectivity index (χ0n) is 10.7. The Balaban J connectivity index is 2.54. The molecule has 21 heavy (non-hydrogen) atoms. The highest BCUT2D eigenvalue weighted by atomic mass is 19.4. The smallest absolute Gasteiger partial charge is 0.416 e. The highest BCUT2D eigenvalue weighted by Gasteiger charge is 2.30. The molecule has 2 atom stereocenters. The largest absolute Gasteiger partial charge is 0.459 e. The monoisotopic (exact) mass is 307 g/mol. The number of rotatable bonds is 6. The lowest BCUT2D eigenvalue weighted by Crippen LogP contribution is -2.23. The molecule has 0 spiro atoms. The van der Waals surface area contributed by atoms with Crippen LogP contribution in [-0.4, -0.2) is 36.2 Å². The van der Waals surface area contributed by atoms with Gasteiger partial charge in [0.25, 0.3) is 0 Å². The van der Waals surface area contributed by atoms with Gasteiger partial charge in [-0.3, -0.25) is 0 Å². The van der Waals surface area contributed by atoms with Crippen molar-refractivity contribution in [3.63, 3.8) is 0 Å². The number of aliphatic hydroxyl groups excluding tert-OH is 1. The van der Waals surface area contributed by atoms with E-state index in [-0.39, 0.29) is 5.56 Å². The van der Waals surface area contributed by atoms with Gasteiger partial charge in [0.2, 0.25) is 0 Å². The highest BCUT2D eigenvalue weighted by Crippen LogP contribution is 2.29. The van der Waals surface area contributed by atoms with Crippen molar-refractivity contribution in [1.29, 1.82) is 5.41 Å². The van der Waals surface area contributed by atoms with Crippen molar-refractivity contribution in [1.82, 2.24) is 0 Å². The number of nitrogens with one attached hydrogen (secondary N) is 1. The average molecular weight is 307 g/mol. The SMILES string of the molecule is N=C[C@@H](F)C[C@H](O)COC(=O)c1ccc(C(F)(F)F)cc1. The minimum atomic E-state index is -4.50. The van der Waals surface area contributed by atoms with Gasteiger partial charge in [-0.2, -0.15) is 13.2 Å². The Bertz CT molecular complexity index is 487. The van der Waals surface area contributed by atoms with Crippen LogP contribution in [0.4, 0.5) is 17.6 Å². The lowest BCUT2D eigenvalue weighted by molar-refractivity contribution is -0.137. The van der Waals surface area contributed by atoms with Crippen LogP contribution in [0.1, 0.15) is 22.3 Å². The first-order chi connectivity index (χ1) is 9.74. The number of aliphatic hydroxyl groups is 1. The summed E-state index contributed by atoms with van der Waals surface area (Å²) in [6, 6.07) is 3.37. The van der Waals surface area contributed by atoms with Crippen LogP contribution in [0.5, 0.6) is 0 Å². The first-order valence-electron chi connectivity index (χ1n) is 5.91. The summed E-state index contributed by atoms with van der Waals surface area (Å²) in [4.78, 5) is 11.5. The van der Waals surface area contributed by atoms with E-state index in [1.54, 1.807) is 0 Å². The van der Waals surface area contributed by atoms with Crippen LogP contribution in [0.15, 0.2) is 24.3 Å². The van der Waals surface area contributed by atoms with Crippen LogP contribution in [-0.2, 0) is 10.9 Å². The molecule has 1 aromatic carbocycles. The van der Waals surface area contributed by atoms with Crippen LogP contribution in [0.25, 0.3) is 0 Å². The maximum absolute atomic E-state index is 12.7. The second-order valence-electron chi connectivity index (χ2n) is 4.25. The third-order valence-corrected chi connectivity index (χ3v) is 2.53. The third kappa shape index (κ3) is 5.50. The molecule has 2 N–H and O–H groups in total. The number of alkyl halides is 4. The minimum absolute atomic E-state index is 0.112. The van der Waals surface area contributed by atoms with Crippen molar-refractivity contribution in [2.45, 2.75) is 24.9 Å². The zero-order valence-corrected chi connectivity index (χ0v) is 10.7. The number of carbonyl (C=O) groups is 1. The molecule has 0 unspecified atom stereocenters. The molecular formula is C13H13F4NO3. The van der Waals surface area contributed by atoms with Gasteiger partial charge in [-0.05, 0) is 24.3 Å². The maximum atomic E-state index is 12.7. The molecule has 0 aliphatic heterocycles. The molecule has 0 amide bonds. The molecule has 0 heterocycles. The lowest BCUT2D eigenvalue weighted by Gasteiger charge is -2.12. The molecule has 0 bridgehead atoms. The summed E-state index contributed by atoms with van der Waals surface area (Å²) in [5.74, 6) is -0.923. The number of hydrogen-bond acceptors (Lipinski definition) is 4. The predicted octanol–water partition coefficient (Wildman–Crippen LogP) is 2.60. The van der Waals surface area contributed by atoms with Gasteiger partial charge in [0.15, 0.2) is 0 Å². The molecule has 8 heteroatoms. The van der Waals surface area contributed by atoms with E-state index in [1.165, 1.54) is 0 Å². The molecule has 1 aromatic rings. The number of halogens is 4. The molecule has 0 fully saturated rings. The standard InChI is InChI=1S/C13H13F4NO3/c14-10(6-18)5-11(19)7-21-12(20)8-1-3-9(4-2-8)13(15,16)17/h1-4,6,10-11,18-19H,5,7H2/t10-,11-/m0/s1. The summed E-state index contributed by atoms with van der Waals surface area (Å²) >= 11 is 0. The first kappa shape index (κ1) is 17.1. The Morgan fingerprint density at radius 3 is 2.38 bits per heavy atom. The van der Waals surface area contributed by atoms with E-state index < -0.39 is 43.0 Å². The zero-order chi connectivity index (χ0) is 16.0. The van der Waals surface area contributed by atoms with Gasteiger partial charge in [-0.15, -0.1) is 0 Å². The molecule has 0 aromatic heterocycles. The Labute approximate surface area is 117 Å². The molecule has 0 radical (unpaired) electrons. The van der Waals surface area contributed by atoms with Crippen molar-refractivity contribution in [3.05, 3.63) is 35.4 Å². The Morgan fingerprint density at radius 2 is 1.90 bits per heavy atom. The molecule has 0 aliphatic carbocycles. The highest BCUT2D eigenvalue weighted by molar-refractivity contribution is 5.89. The fourth-order valence-electron chi connectivity index (χ4n) is 1.45. The quantitative estimate of drug-likeness (QED) is 0.482. The van der Waals surface area contributed by atoms with Gasteiger partial charge >= 0.3 is 12.1 Å². The molecule has 1 rings (SSSR count). The summed E-state index contributed by atoms with van der Waals surface area (Å²) in [5.41, 5.74) is -1.01. The summed E-state index contributed by atoms with van der Waals surface area (Å²) in [7, 11) is 0. The summed E-state index contributed by atoms with van der Waals surface area (Å²) < 4.78 is 54.4. The average Bonchev–Trinajstić information content (AvgIpc) is 2.43. The number of ether oxygens (including phenoxy) is 1. The molecule has 4 nitrogen and oxygen atoms in total. The molecular weight excluding hydrogens is 294 g/mol. The maximum Gasteiger partial charge on any atom is 0.416 e. The van der Waals surface area contributed by atoms with Crippen molar-refractivity contribution >= 4 is 12.2 Å². The fraction of sp³-hybridized carbons (Fsp3) is 0.385. The van der Waals surface area contributed by atoms with Gasteiger partial charge in [-0.1, -0.05) is 0 Å². The van der Waals surface area contributed by atoms with Gasteiger partial charge in [0, 0.05) is 12.6 Å². The fourth-order valence-corrected chi connectivity index (χ4v) is 1.45.